The molecule has 0 spiro atoms. The standard InChI is InChI=1S/C10H8N4O2.4H2O/c15-13-5-1-9(2-6-13)11-12-10-3-7-14(16)8-4-10;;;;/h1-8H;4*1H2. The van der Waals surface area contributed by atoms with Crippen molar-refractivity contribution in [3.63, 3.8) is 0 Å². The van der Waals surface area contributed by atoms with Crippen LogP contribution in [-0.4, -0.2) is 21.9 Å². The minimum atomic E-state index is 0. The molecule has 0 amide bonds. The van der Waals surface area contributed by atoms with Gasteiger partial charge < -0.3 is 32.3 Å². The van der Waals surface area contributed by atoms with E-state index in [1.54, 1.807) is 24.3 Å². The van der Waals surface area contributed by atoms with Gasteiger partial charge >= 0.3 is 0 Å². The Bertz CT molecular complexity index is 455. The average Bonchev–Trinajstić information content (AvgIpc) is 2.30. The van der Waals surface area contributed by atoms with E-state index in [1.165, 1.54) is 24.8 Å². The van der Waals surface area contributed by atoms with Crippen molar-refractivity contribution in [2.24, 2.45) is 10.2 Å². The molecule has 0 atom stereocenters. The molecule has 0 fully saturated rings. The van der Waals surface area contributed by atoms with Gasteiger partial charge in [-0.2, -0.15) is 19.7 Å². The first-order valence-corrected chi connectivity index (χ1v) is 4.53. The number of rotatable bonds is 2. The number of azo groups is 1. The van der Waals surface area contributed by atoms with Gasteiger partial charge in [-0.1, -0.05) is 0 Å². The van der Waals surface area contributed by atoms with Gasteiger partial charge in [-0.15, -0.1) is 0 Å². The van der Waals surface area contributed by atoms with Gasteiger partial charge in [0.05, 0.1) is 11.4 Å². The van der Waals surface area contributed by atoms with Crippen LogP contribution in [0, 0.1) is 10.4 Å². The molecule has 0 saturated heterocycles. The quantitative estimate of drug-likeness (QED) is 0.351. The molecule has 0 aliphatic heterocycles. The summed E-state index contributed by atoms with van der Waals surface area (Å²) in [4.78, 5) is 0. The maximum atomic E-state index is 10.7. The molecule has 0 aliphatic rings. The zero-order chi connectivity index (χ0) is 11.4. The van der Waals surface area contributed by atoms with Crippen LogP contribution < -0.4 is 9.46 Å². The lowest BCUT2D eigenvalue weighted by Gasteiger charge is -1.95. The van der Waals surface area contributed by atoms with Crippen molar-refractivity contribution >= 4 is 11.4 Å². The van der Waals surface area contributed by atoms with Crippen molar-refractivity contribution < 1.29 is 31.4 Å². The van der Waals surface area contributed by atoms with E-state index < -0.39 is 0 Å². The van der Waals surface area contributed by atoms with Gasteiger partial charge in [-0.25, -0.2) is 0 Å². The fraction of sp³-hybridized carbons (Fsp3) is 0. The first-order valence-electron chi connectivity index (χ1n) is 4.53. The van der Waals surface area contributed by atoms with Crippen LogP contribution >= 0.6 is 0 Å². The van der Waals surface area contributed by atoms with E-state index in [-0.39, 0.29) is 21.9 Å². The maximum absolute atomic E-state index is 10.7. The molecule has 10 nitrogen and oxygen atoms in total. The lowest BCUT2D eigenvalue weighted by molar-refractivity contribution is -0.605. The van der Waals surface area contributed by atoms with Gasteiger partial charge in [0.15, 0.2) is 24.8 Å². The molecular formula is C10H16N4O6. The minimum Gasteiger partial charge on any atom is -0.619 e. The van der Waals surface area contributed by atoms with E-state index in [2.05, 4.69) is 10.2 Å². The maximum Gasteiger partial charge on any atom is 0.182 e. The molecule has 112 valence electrons. The number of hydrogen-bond donors (Lipinski definition) is 0. The summed E-state index contributed by atoms with van der Waals surface area (Å²) in [5.41, 5.74) is 1.15. The second-order valence-electron chi connectivity index (χ2n) is 3.03. The summed E-state index contributed by atoms with van der Waals surface area (Å²) in [7, 11) is 0. The van der Waals surface area contributed by atoms with Crippen molar-refractivity contribution in [3.05, 3.63) is 59.5 Å². The zero-order valence-corrected chi connectivity index (χ0v) is 10.2. The Morgan fingerprint density at radius 1 is 0.600 bits per heavy atom. The minimum absolute atomic E-state index is 0. The molecule has 2 aromatic rings. The summed E-state index contributed by atoms with van der Waals surface area (Å²) in [6, 6.07) is 6.20. The lowest BCUT2D eigenvalue weighted by atomic mass is 10.4. The molecule has 0 bridgehead atoms. The molecule has 8 N–H and O–H groups in total. The first-order chi connectivity index (χ1) is 7.74. The topological polar surface area (TPSA) is 205 Å². The number of nitrogens with zero attached hydrogens (tertiary/aromatic N) is 4. The van der Waals surface area contributed by atoms with Crippen molar-refractivity contribution in [2.75, 3.05) is 0 Å². The van der Waals surface area contributed by atoms with Crippen LogP contribution in [0.25, 0.3) is 0 Å². The van der Waals surface area contributed by atoms with Gasteiger partial charge in [-0.3, -0.25) is 0 Å². The monoisotopic (exact) mass is 288 g/mol. The number of hydrogen-bond acceptors (Lipinski definition) is 4. The average molecular weight is 288 g/mol. The summed E-state index contributed by atoms with van der Waals surface area (Å²) in [5.74, 6) is 0. The predicted octanol–water partition coefficient (Wildman–Crippen LogP) is -1.93. The summed E-state index contributed by atoms with van der Waals surface area (Å²) in [6.07, 6.45) is 5.35. The summed E-state index contributed by atoms with van der Waals surface area (Å²) < 4.78 is 1.34. The molecule has 2 heterocycles. The molecule has 0 radical (unpaired) electrons. The number of aromatic nitrogens is 2. The third-order valence-electron chi connectivity index (χ3n) is 1.85. The van der Waals surface area contributed by atoms with Gasteiger partial charge in [0.25, 0.3) is 0 Å². The smallest absolute Gasteiger partial charge is 0.182 e. The first kappa shape index (κ1) is 22.5. The Hall–Kier alpha value is -2.66. The Morgan fingerprint density at radius 2 is 0.850 bits per heavy atom. The van der Waals surface area contributed by atoms with Gasteiger partial charge in [0.1, 0.15) is 0 Å². The fourth-order valence-electron chi connectivity index (χ4n) is 1.06. The van der Waals surface area contributed by atoms with Crippen molar-refractivity contribution in [2.45, 2.75) is 0 Å². The van der Waals surface area contributed by atoms with E-state index in [1.807, 2.05) is 0 Å². The highest BCUT2D eigenvalue weighted by molar-refractivity contribution is 5.35. The second-order valence-corrected chi connectivity index (χ2v) is 3.03. The Labute approximate surface area is 113 Å². The van der Waals surface area contributed by atoms with E-state index in [9.17, 15) is 10.4 Å². The highest BCUT2D eigenvalue weighted by Gasteiger charge is 1.94. The second kappa shape index (κ2) is 10.3. The van der Waals surface area contributed by atoms with E-state index in [0.717, 1.165) is 0 Å². The molecule has 10 heteroatoms. The third kappa shape index (κ3) is 6.32. The fourth-order valence-corrected chi connectivity index (χ4v) is 1.06. The van der Waals surface area contributed by atoms with Crippen LogP contribution in [0.1, 0.15) is 0 Å². The third-order valence-corrected chi connectivity index (χ3v) is 1.85. The van der Waals surface area contributed by atoms with Crippen LogP contribution in [-0.2, 0) is 0 Å². The van der Waals surface area contributed by atoms with Crippen LogP contribution in [0.15, 0.2) is 59.3 Å². The largest absolute Gasteiger partial charge is 0.619 e. The van der Waals surface area contributed by atoms with Crippen molar-refractivity contribution in [1.82, 2.24) is 0 Å². The summed E-state index contributed by atoms with van der Waals surface area (Å²) in [6.45, 7) is 0. The van der Waals surface area contributed by atoms with Gasteiger partial charge in [-0.05, 0) is 0 Å². The highest BCUT2D eigenvalue weighted by Crippen LogP contribution is 2.14. The molecule has 0 unspecified atom stereocenters. The molecule has 0 aliphatic carbocycles. The van der Waals surface area contributed by atoms with Crippen LogP contribution in [0.2, 0.25) is 0 Å². The summed E-state index contributed by atoms with van der Waals surface area (Å²) in [5, 5.41) is 29.3. The van der Waals surface area contributed by atoms with Gasteiger partial charge in [0, 0.05) is 24.3 Å². The highest BCUT2D eigenvalue weighted by atomic mass is 16.5. The van der Waals surface area contributed by atoms with Crippen LogP contribution in [0.5, 0.6) is 0 Å². The molecule has 2 aromatic heterocycles. The molecule has 0 saturated carbocycles. The van der Waals surface area contributed by atoms with Crippen molar-refractivity contribution in [3.8, 4) is 0 Å². The van der Waals surface area contributed by atoms with E-state index in [0.29, 0.717) is 20.8 Å². The Balaban J connectivity index is -0.000000722. The van der Waals surface area contributed by atoms with Gasteiger partial charge in [0.2, 0.25) is 0 Å². The lowest BCUT2D eigenvalue weighted by Crippen LogP contribution is -2.23. The molecular weight excluding hydrogens is 272 g/mol. The van der Waals surface area contributed by atoms with Crippen molar-refractivity contribution in [1.29, 1.82) is 0 Å². The SMILES string of the molecule is O.O.O.O.[O-][n+]1ccc(N=Nc2cc[n+]([O-])cc2)cc1. The number of pyridine rings is 2. The summed E-state index contributed by atoms with van der Waals surface area (Å²) >= 11 is 0. The van der Waals surface area contributed by atoms with Crippen LogP contribution in [0.3, 0.4) is 0 Å². The van der Waals surface area contributed by atoms with E-state index >= 15 is 0 Å². The zero-order valence-electron chi connectivity index (χ0n) is 10.2. The Morgan fingerprint density at radius 3 is 1.10 bits per heavy atom. The van der Waals surface area contributed by atoms with E-state index in [4.69, 9.17) is 0 Å². The molecule has 2 rings (SSSR count). The Kier molecular flexibility index (Phi) is 11.6. The molecule has 20 heavy (non-hydrogen) atoms. The van der Waals surface area contributed by atoms with Crippen LogP contribution in [0.4, 0.5) is 11.4 Å². The molecule has 0 aromatic carbocycles. The predicted molar refractivity (Wildman–Crippen MR) is 69.4 cm³/mol. The normalized spacial score (nSPS) is 8.60.